The number of nitrogens with one attached hydrogen (secondary N) is 1. The molecule has 4 heterocycles. The molecule has 0 radical (unpaired) electrons. The fraction of sp³-hybridized carbons (Fsp3) is 0.471. The summed E-state index contributed by atoms with van der Waals surface area (Å²) in [6.45, 7) is 1.53. The molecule has 142 valence electrons. The molecular formula is C17H19N5O4S. The van der Waals surface area contributed by atoms with Crippen molar-refractivity contribution >= 4 is 29.1 Å². The van der Waals surface area contributed by atoms with Gasteiger partial charge in [0.1, 0.15) is 16.6 Å². The number of rotatable bonds is 4. The maximum Gasteiger partial charge on any atom is 0.267 e. The van der Waals surface area contributed by atoms with E-state index >= 15 is 0 Å². The minimum Gasteiger partial charge on any atom is -0.494 e. The van der Waals surface area contributed by atoms with E-state index in [1.54, 1.807) is 6.20 Å². The number of aromatic nitrogens is 3. The zero-order chi connectivity index (χ0) is 19.0. The van der Waals surface area contributed by atoms with E-state index < -0.39 is 6.04 Å². The lowest BCUT2D eigenvalue weighted by molar-refractivity contribution is -0.136. The SMILES string of the molecule is COc1c(-c2cn([C@H]3CCC(=O)NC3=O)nn2)csc1C(=O)N1CCCC1. The Hall–Kier alpha value is -2.75. The maximum atomic E-state index is 12.7. The molecule has 1 N–H and O–H groups in total. The van der Waals surface area contributed by atoms with Crippen molar-refractivity contribution in [1.29, 1.82) is 0 Å². The Bertz CT molecular complexity index is 899. The van der Waals surface area contributed by atoms with Gasteiger partial charge in [-0.15, -0.1) is 16.4 Å². The van der Waals surface area contributed by atoms with Crippen molar-refractivity contribution in [3.63, 3.8) is 0 Å². The number of methoxy groups -OCH3 is 1. The lowest BCUT2D eigenvalue weighted by Gasteiger charge is -2.20. The average Bonchev–Trinajstić information content (AvgIpc) is 3.40. The van der Waals surface area contributed by atoms with Crippen LogP contribution >= 0.6 is 11.3 Å². The number of thiophene rings is 1. The second-order valence-electron chi connectivity index (χ2n) is 6.56. The molecule has 2 aliphatic rings. The standard InChI is InChI=1S/C17H19N5O4S/c1-26-14-10(9-27-15(14)17(25)21-6-2-3-7-21)11-8-22(20-19-11)12-4-5-13(23)18-16(12)24/h8-9,12H,2-7H2,1H3,(H,18,23,24)/t12-/m0/s1. The molecule has 3 amide bonds. The van der Waals surface area contributed by atoms with E-state index in [1.165, 1.54) is 23.1 Å². The van der Waals surface area contributed by atoms with E-state index in [0.717, 1.165) is 25.9 Å². The van der Waals surface area contributed by atoms with E-state index in [2.05, 4.69) is 15.6 Å². The first-order valence-electron chi connectivity index (χ1n) is 8.79. The Morgan fingerprint density at radius 3 is 2.81 bits per heavy atom. The second kappa shape index (κ2) is 7.10. The Morgan fingerprint density at radius 1 is 1.33 bits per heavy atom. The van der Waals surface area contributed by atoms with Crippen LogP contribution in [0.4, 0.5) is 0 Å². The number of hydrogen-bond acceptors (Lipinski definition) is 7. The molecule has 0 aliphatic carbocycles. The number of ether oxygens (including phenoxy) is 1. The molecule has 2 aromatic heterocycles. The molecule has 0 saturated carbocycles. The fourth-order valence-electron chi connectivity index (χ4n) is 3.42. The minimum atomic E-state index is -0.570. The van der Waals surface area contributed by atoms with Gasteiger partial charge in [0.2, 0.25) is 5.91 Å². The number of imide groups is 1. The predicted octanol–water partition coefficient (Wildman–Crippen LogP) is 1.23. The lowest BCUT2D eigenvalue weighted by atomic mass is 10.1. The van der Waals surface area contributed by atoms with Crippen molar-refractivity contribution in [2.24, 2.45) is 0 Å². The van der Waals surface area contributed by atoms with Gasteiger partial charge in [0.15, 0.2) is 5.75 Å². The van der Waals surface area contributed by atoms with Crippen LogP contribution in [0.5, 0.6) is 5.75 Å². The molecule has 4 rings (SSSR count). The van der Waals surface area contributed by atoms with E-state index in [-0.39, 0.29) is 24.1 Å². The van der Waals surface area contributed by atoms with E-state index in [0.29, 0.717) is 28.3 Å². The molecule has 9 nitrogen and oxygen atoms in total. The van der Waals surface area contributed by atoms with Crippen molar-refractivity contribution in [2.75, 3.05) is 20.2 Å². The average molecular weight is 389 g/mol. The lowest BCUT2D eigenvalue weighted by Crippen LogP contribution is -2.41. The summed E-state index contributed by atoms with van der Waals surface area (Å²) in [4.78, 5) is 38.4. The van der Waals surface area contributed by atoms with Crippen LogP contribution in [0, 0.1) is 0 Å². The summed E-state index contributed by atoms with van der Waals surface area (Å²) < 4.78 is 6.96. The van der Waals surface area contributed by atoms with Crippen LogP contribution in [0.15, 0.2) is 11.6 Å². The van der Waals surface area contributed by atoms with Crippen molar-refractivity contribution in [3.05, 3.63) is 16.5 Å². The topological polar surface area (TPSA) is 106 Å². The maximum absolute atomic E-state index is 12.7. The summed E-state index contributed by atoms with van der Waals surface area (Å²) in [5.41, 5.74) is 1.19. The van der Waals surface area contributed by atoms with Crippen LogP contribution in [0.3, 0.4) is 0 Å². The van der Waals surface area contributed by atoms with Gasteiger partial charge in [-0.05, 0) is 19.3 Å². The molecular weight excluding hydrogens is 370 g/mol. The van der Waals surface area contributed by atoms with Crippen LogP contribution < -0.4 is 10.1 Å². The summed E-state index contributed by atoms with van der Waals surface area (Å²) in [7, 11) is 1.52. The van der Waals surface area contributed by atoms with Crippen molar-refractivity contribution < 1.29 is 19.1 Å². The first-order valence-corrected chi connectivity index (χ1v) is 9.67. The van der Waals surface area contributed by atoms with E-state index in [4.69, 9.17) is 4.74 Å². The smallest absolute Gasteiger partial charge is 0.267 e. The first kappa shape index (κ1) is 17.7. The van der Waals surface area contributed by atoms with Gasteiger partial charge in [-0.3, -0.25) is 19.7 Å². The molecule has 0 unspecified atom stereocenters. The van der Waals surface area contributed by atoms with Gasteiger partial charge in [0.05, 0.1) is 18.9 Å². The molecule has 2 fully saturated rings. The number of carbonyl (C=O) groups excluding carboxylic acids is 3. The Morgan fingerprint density at radius 2 is 2.11 bits per heavy atom. The number of hydrogen-bond donors (Lipinski definition) is 1. The van der Waals surface area contributed by atoms with Gasteiger partial charge < -0.3 is 9.64 Å². The van der Waals surface area contributed by atoms with Crippen LogP contribution in [0.2, 0.25) is 0 Å². The molecule has 27 heavy (non-hydrogen) atoms. The second-order valence-corrected chi connectivity index (χ2v) is 7.44. The molecule has 2 aliphatic heterocycles. The highest BCUT2D eigenvalue weighted by Gasteiger charge is 2.31. The zero-order valence-electron chi connectivity index (χ0n) is 14.8. The molecule has 1 atom stereocenters. The molecule has 10 heteroatoms. The first-order chi connectivity index (χ1) is 13.1. The monoisotopic (exact) mass is 389 g/mol. The summed E-state index contributed by atoms with van der Waals surface area (Å²) in [6.07, 6.45) is 4.34. The van der Waals surface area contributed by atoms with Gasteiger partial charge in [0.25, 0.3) is 11.8 Å². The highest BCUT2D eigenvalue weighted by molar-refractivity contribution is 7.13. The van der Waals surface area contributed by atoms with Crippen LogP contribution in [-0.2, 0) is 9.59 Å². The quantitative estimate of drug-likeness (QED) is 0.789. The summed E-state index contributed by atoms with van der Waals surface area (Å²) in [5.74, 6) is -0.212. The number of likely N-dealkylation sites (tertiary alicyclic amines) is 1. The van der Waals surface area contributed by atoms with Crippen molar-refractivity contribution in [3.8, 4) is 17.0 Å². The number of piperidine rings is 1. The Labute approximate surface area is 159 Å². The molecule has 0 aromatic carbocycles. The van der Waals surface area contributed by atoms with Gasteiger partial charge >= 0.3 is 0 Å². The Kier molecular flexibility index (Phi) is 4.65. The van der Waals surface area contributed by atoms with E-state index in [9.17, 15) is 14.4 Å². The minimum absolute atomic E-state index is 0.0295. The summed E-state index contributed by atoms with van der Waals surface area (Å²) in [5, 5.41) is 12.3. The van der Waals surface area contributed by atoms with Gasteiger partial charge in [-0.25, -0.2) is 4.68 Å². The van der Waals surface area contributed by atoms with Crippen LogP contribution in [-0.4, -0.2) is 57.8 Å². The third kappa shape index (κ3) is 3.20. The van der Waals surface area contributed by atoms with Crippen LogP contribution in [0.1, 0.15) is 41.4 Å². The van der Waals surface area contributed by atoms with E-state index in [1.807, 2.05) is 10.3 Å². The molecule has 0 spiro atoms. The fourth-order valence-corrected chi connectivity index (χ4v) is 4.42. The van der Waals surface area contributed by atoms with Crippen molar-refractivity contribution in [2.45, 2.75) is 31.7 Å². The highest BCUT2D eigenvalue weighted by atomic mass is 32.1. The number of amides is 3. The number of carbonyl (C=O) groups is 3. The largest absolute Gasteiger partial charge is 0.494 e. The predicted molar refractivity (Wildman–Crippen MR) is 96.4 cm³/mol. The van der Waals surface area contributed by atoms with Gasteiger partial charge in [-0.1, -0.05) is 5.21 Å². The van der Waals surface area contributed by atoms with Crippen molar-refractivity contribution in [1.82, 2.24) is 25.2 Å². The normalized spacial score (nSPS) is 20.0. The number of nitrogens with zero attached hydrogens (tertiary/aromatic N) is 4. The zero-order valence-corrected chi connectivity index (χ0v) is 15.6. The summed E-state index contributed by atoms with van der Waals surface area (Å²) >= 11 is 1.32. The molecule has 2 saturated heterocycles. The Balaban J connectivity index is 1.61. The molecule has 2 aromatic rings. The van der Waals surface area contributed by atoms with Gasteiger partial charge in [-0.2, -0.15) is 0 Å². The van der Waals surface area contributed by atoms with Gasteiger partial charge in [0, 0.05) is 24.9 Å². The van der Waals surface area contributed by atoms with Crippen LogP contribution in [0.25, 0.3) is 11.3 Å². The third-order valence-corrected chi connectivity index (χ3v) is 5.80. The molecule has 0 bridgehead atoms. The highest BCUT2D eigenvalue weighted by Crippen LogP contribution is 2.38. The third-order valence-electron chi connectivity index (χ3n) is 4.85. The summed E-state index contributed by atoms with van der Waals surface area (Å²) in [6, 6.07) is -0.570.